The molecule has 0 radical (unpaired) electrons. The zero-order valence-corrected chi connectivity index (χ0v) is 9.81. The monoisotopic (exact) mass is 268 g/mol. The molecule has 0 saturated carbocycles. The number of carboxylic acid groups (broad SMARTS) is 1. The molecule has 1 aromatic rings. The van der Waals surface area contributed by atoms with E-state index < -0.39 is 17.8 Å². The number of hydrogen-bond donors (Lipinski definition) is 1. The quantitative estimate of drug-likeness (QED) is 0.889. The first-order valence-corrected chi connectivity index (χ1v) is 5.93. The number of carbonyl (C=O) groups is 1. The zero-order chi connectivity index (χ0) is 13.1. The highest BCUT2D eigenvalue weighted by molar-refractivity contribution is 7.99. The summed E-state index contributed by atoms with van der Waals surface area (Å²) < 4.78 is 38.4. The van der Waals surface area contributed by atoms with Gasteiger partial charge in [-0.15, -0.1) is 11.8 Å². The molecule has 0 amide bonds. The molecule has 0 bridgehead atoms. The van der Waals surface area contributed by atoms with Crippen LogP contribution in [0.3, 0.4) is 0 Å². The summed E-state index contributed by atoms with van der Waals surface area (Å²) in [7, 11) is 0. The molecule has 0 aromatic carbocycles. The van der Waals surface area contributed by atoms with Crippen LogP contribution in [-0.4, -0.2) is 26.6 Å². The predicted octanol–water partition coefficient (Wildman–Crippen LogP) is 2.24. The van der Waals surface area contributed by atoms with Gasteiger partial charge in [0, 0.05) is 18.0 Å². The van der Waals surface area contributed by atoms with Gasteiger partial charge in [0.05, 0.1) is 5.75 Å². The van der Waals surface area contributed by atoms with E-state index in [1.54, 1.807) is 6.92 Å². The van der Waals surface area contributed by atoms with Gasteiger partial charge in [0.2, 0.25) is 0 Å². The van der Waals surface area contributed by atoms with Crippen LogP contribution in [0, 0.1) is 0 Å². The van der Waals surface area contributed by atoms with Gasteiger partial charge in [0.1, 0.15) is 0 Å². The predicted molar refractivity (Wildman–Crippen MR) is 56.7 cm³/mol. The van der Waals surface area contributed by atoms with Crippen LogP contribution in [-0.2, 0) is 23.3 Å². The van der Waals surface area contributed by atoms with Crippen molar-refractivity contribution in [2.75, 3.05) is 5.75 Å². The van der Waals surface area contributed by atoms with E-state index in [9.17, 15) is 18.0 Å². The molecular formula is C9H11F3N2O2S. The molecule has 0 unspecified atom stereocenters. The van der Waals surface area contributed by atoms with Crippen LogP contribution < -0.4 is 0 Å². The number of nitrogens with zero attached hydrogens (tertiary/aromatic N) is 2. The van der Waals surface area contributed by atoms with Gasteiger partial charge in [-0.1, -0.05) is 0 Å². The molecule has 0 aliphatic rings. The molecule has 1 rings (SSSR count). The molecule has 0 saturated heterocycles. The van der Waals surface area contributed by atoms with Crippen LogP contribution in [0.5, 0.6) is 0 Å². The Kier molecular flexibility index (Phi) is 4.44. The normalized spacial score (nSPS) is 11.8. The second kappa shape index (κ2) is 5.44. The zero-order valence-electron chi connectivity index (χ0n) is 8.99. The molecular weight excluding hydrogens is 257 g/mol. The van der Waals surface area contributed by atoms with Crippen LogP contribution >= 0.6 is 11.8 Å². The molecule has 96 valence electrons. The van der Waals surface area contributed by atoms with Crippen molar-refractivity contribution in [3.8, 4) is 0 Å². The lowest BCUT2D eigenvalue weighted by atomic mass is 10.3. The number of aliphatic carboxylic acids is 1. The van der Waals surface area contributed by atoms with E-state index in [1.165, 1.54) is 4.68 Å². The highest BCUT2D eigenvalue weighted by atomic mass is 32.2. The maximum Gasteiger partial charge on any atom is 0.435 e. The van der Waals surface area contributed by atoms with Crippen molar-refractivity contribution in [1.82, 2.24) is 9.78 Å². The Balaban J connectivity index is 2.77. The fourth-order valence-electron chi connectivity index (χ4n) is 1.23. The molecule has 17 heavy (non-hydrogen) atoms. The van der Waals surface area contributed by atoms with E-state index in [0.29, 0.717) is 12.2 Å². The van der Waals surface area contributed by atoms with Gasteiger partial charge < -0.3 is 5.11 Å². The Labute approximate surface area is 99.8 Å². The smallest absolute Gasteiger partial charge is 0.435 e. The first kappa shape index (κ1) is 13.9. The van der Waals surface area contributed by atoms with Crippen LogP contribution in [0.1, 0.15) is 18.3 Å². The van der Waals surface area contributed by atoms with Gasteiger partial charge in [-0.2, -0.15) is 18.3 Å². The van der Waals surface area contributed by atoms with Crippen molar-refractivity contribution < 1.29 is 23.1 Å². The average molecular weight is 268 g/mol. The number of thioether (sulfide) groups is 1. The van der Waals surface area contributed by atoms with Crippen molar-refractivity contribution in [3.05, 3.63) is 17.5 Å². The maximum absolute atomic E-state index is 12.4. The fourth-order valence-corrected chi connectivity index (χ4v) is 1.95. The minimum atomic E-state index is -4.47. The van der Waals surface area contributed by atoms with Crippen molar-refractivity contribution in [2.24, 2.45) is 0 Å². The third-order valence-corrected chi connectivity index (χ3v) is 2.88. The van der Waals surface area contributed by atoms with Crippen LogP contribution in [0.15, 0.2) is 6.07 Å². The molecule has 1 N–H and O–H groups in total. The summed E-state index contributed by atoms with van der Waals surface area (Å²) in [5, 5.41) is 11.9. The van der Waals surface area contributed by atoms with Crippen molar-refractivity contribution in [2.45, 2.75) is 25.4 Å². The fraction of sp³-hybridized carbons (Fsp3) is 0.556. The number of aromatic nitrogens is 2. The SMILES string of the molecule is CCn1nc(C(F)(F)F)cc1CSCC(=O)O. The third-order valence-electron chi connectivity index (χ3n) is 1.93. The number of carboxylic acids is 1. The first-order chi connectivity index (χ1) is 7.84. The first-order valence-electron chi connectivity index (χ1n) is 4.78. The minimum absolute atomic E-state index is 0.143. The van der Waals surface area contributed by atoms with Crippen molar-refractivity contribution >= 4 is 17.7 Å². The summed E-state index contributed by atoms with van der Waals surface area (Å²) in [4.78, 5) is 10.3. The van der Waals surface area contributed by atoms with Crippen LogP contribution in [0.25, 0.3) is 0 Å². The molecule has 0 fully saturated rings. The molecule has 0 aliphatic heterocycles. The Morgan fingerprint density at radius 3 is 2.71 bits per heavy atom. The molecule has 1 heterocycles. The van der Waals surface area contributed by atoms with Gasteiger partial charge in [-0.25, -0.2) is 0 Å². The van der Waals surface area contributed by atoms with Gasteiger partial charge in [-0.05, 0) is 13.0 Å². The van der Waals surface area contributed by atoms with E-state index in [1.807, 2.05) is 0 Å². The summed E-state index contributed by atoms with van der Waals surface area (Å²) in [6.07, 6.45) is -4.47. The van der Waals surface area contributed by atoms with E-state index in [-0.39, 0.29) is 11.5 Å². The molecule has 1 aromatic heterocycles. The summed E-state index contributed by atoms with van der Waals surface area (Å²) in [5.74, 6) is -0.937. The number of aryl methyl sites for hydroxylation is 1. The van der Waals surface area contributed by atoms with Gasteiger partial charge >= 0.3 is 12.1 Å². The molecule has 0 atom stereocenters. The van der Waals surface area contributed by atoms with Crippen LogP contribution in [0.4, 0.5) is 13.2 Å². The summed E-state index contributed by atoms with van der Waals surface area (Å²) >= 11 is 1.04. The third kappa shape index (κ3) is 3.95. The number of hydrogen-bond acceptors (Lipinski definition) is 3. The van der Waals surface area contributed by atoms with Crippen molar-refractivity contribution in [1.29, 1.82) is 0 Å². The molecule has 0 spiro atoms. The highest BCUT2D eigenvalue weighted by Gasteiger charge is 2.34. The summed E-state index contributed by atoms with van der Waals surface area (Å²) in [5.41, 5.74) is -0.559. The van der Waals surface area contributed by atoms with Gasteiger partial charge in [-0.3, -0.25) is 9.48 Å². The molecule has 8 heteroatoms. The van der Waals surface area contributed by atoms with E-state index in [0.717, 1.165) is 17.8 Å². The van der Waals surface area contributed by atoms with E-state index >= 15 is 0 Å². The van der Waals surface area contributed by atoms with Gasteiger partial charge in [0.15, 0.2) is 5.69 Å². The maximum atomic E-state index is 12.4. The van der Waals surface area contributed by atoms with Gasteiger partial charge in [0.25, 0.3) is 0 Å². The minimum Gasteiger partial charge on any atom is -0.481 e. The highest BCUT2D eigenvalue weighted by Crippen LogP contribution is 2.29. The van der Waals surface area contributed by atoms with Crippen LogP contribution in [0.2, 0.25) is 0 Å². The lowest BCUT2D eigenvalue weighted by Gasteiger charge is -2.02. The standard InChI is InChI=1S/C9H11F3N2O2S/c1-2-14-6(4-17-5-8(15)16)3-7(13-14)9(10,11)12/h3H,2,4-5H2,1H3,(H,15,16). The Morgan fingerprint density at radius 1 is 1.59 bits per heavy atom. The number of alkyl halides is 3. The summed E-state index contributed by atoms with van der Waals surface area (Å²) in [6, 6.07) is 0.957. The summed E-state index contributed by atoms with van der Waals surface area (Å²) in [6.45, 7) is 2.00. The lowest BCUT2D eigenvalue weighted by Crippen LogP contribution is -2.08. The number of halogens is 3. The average Bonchev–Trinajstić information content (AvgIpc) is 2.60. The second-order valence-electron chi connectivity index (χ2n) is 3.22. The Hall–Kier alpha value is -1.18. The lowest BCUT2D eigenvalue weighted by molar-refractivity contribution is -0.141. The van der Waals surface area contributed by atoms with Crippen molar-refractivity contribution in [3.63, 3.8) is 0 Å². The molecule has 0 aliphatic carbocycles. The van der Waals surface area contributed by atoms with E-state index in [4.69, 9.17) is 5.11 Å². The largest absolute Gasteiger partial charge is 0.481 e. The van der Waals surface area contributed by atoms with E-state index in [2.05, 4.69) is 5.10 Å². The topological polar surface area (TPSA) is 55.1 Å². The number of rotatable bonds is 5. The Morgan fingerprint density at radius 2 is 2.24 bits per heavy atom. The molecule has 4 nitrogen and oxygen atoms in total. The Bertz CT molecular complexity index is 403. The second-order valence-corrected chi connectivity index (χ2v) is 4.21.